The normalized spacial score (nSPS) is 12.3. The molecule has 1 unspecified atom stereocenters. The highest BCUT2D eigenvalue weighted by atomic mass is 32.2. The molecule has 1 aromatic carbocycles. The third-order valence-electron chi connectivity index (χ3n) is 2.75. The number of nitro groups is 1. The summed E-state index contributed by atoms with van der Waals surface area (Å²) in [4.78, 5) is 33.1. The van der Waals surface area contributed by atoms with E-state index in [0.717, 1.165) is 12.1 Å². The molecule has 0 saturated carbocycles. The van der Waals surface area contributed by atoms with Crippen LogP contribution in [0.4, 0.5) is 14.9 Å². The lowest BCUT2D eigenvalue weighted by Gasteiger charge is -2.18. The lowest BCUT2D eigenvalue weighted by Crippen LogP contribution is -2.30. The van der Waals surface area contributed by atoms with Gasteiger partial charge in [-0.3, -0.25) is 14.9 Å². The van der Waals surface area contributed by atoms with Crippen LogP contribution in [0.15, 0.2) is 22.7 Å². The topological polar surface area (TPSA) is 120 Å². The summed E-state index contributed by atoms with van der Waals surface area (Å²) in [5.41, 5.74) is 1.18. The average Bonchev–Trinajstić information content (AvgIpc) is 2.52. The first-order valence-corrected chi connectivity index (χ1v) is 8.91. The lowest BCUT2D eigenvalue weighted by atomic mass is 10.2. The Hall–Kier alpha value is -2.56. The Morgan fingerprint density at radius 3 is 2.54 bits per heavy atom. The number of hydrogen-bond acceptors (Lipinski definition) is 7. The van der Waals surface area contributed by atoms with Crippen molar-refractivity contribution in [1.29, 1.82) is 0 Å². The minimum Gasteiger partial charge on any atom is -0.468 e. The zero-order valence-electron chi connectivity index (χ0n) is 14.8. The van der Waals surface area contributed by atoms with Gasteiger partial charge in [0.2, 0.25) is 0 Å². The molecule has 26 heavy (non-hydrogen) atoms. The van der Waals surface area contributed by atoms with Crippen LogP contribution >= 0.6 is 0 Å². The van der Waals surface area contributed by atoms with Crippen molar-refractivity contribution in [2.75, 3.05) is 12.9 Å². The van der Waals surface area contributed by atoms with Crippen LogP contribution < -0.4 is 5.43 Å². The molecule has 0 radical (unpaired) electrons. The molecule has 144 valence electrons. The highest BCUT2D eigenvalue weighted by Gasteiger charge is 2.17. The molecule has 1 atom stereocenters. The van der Waals surface area contributed by atoms with Gasteiger partial charge in [0, 0.05) is 11.8 Å². The highest BCUT2D eigenvalue weighted by Crippen LogP contribution is 2.18. The molecule has 1 N–H and O–H groups in total. The molecule has 0 saturated heterocycles. The Kier molecular flexibility index (Phi) is 7.62. The molecule has 11 heteroatoms. The first kappa shape index (κ1) is 21.5. The van der Waals surface area contributed by atoms with E-state index in [4.69, 9.17) is 4.74 Å². The van der Waals surface area contributed by atoms with Crippen LogP contribution in [0.5, 0.6) is 0 Å². The summed E-state index contributed by atoms with van der Waals surface area (Å²) < 4.78 is 27.5. The second-order valence-corrected chi connectivity index (χ2v) is 7.75. The van der Waals surface area contributed by atoms with Crippen molar-refractivity contribution in [3.8, 4) is 0 Å². The van der Waals surface area contributed by atoms with Crippen molar-refractivity contribution in [1.82, 2.24) is 5.43 Å². The molecule has 9 nitrogen and oxygen atoms in total. The van der Waals surface area contributed by atoms with Crippen LogP contribution in [0.2, 0.25) is 0 Å². The summed E-state index contributed by atoms with van der Waals surface area (Å²) in [6, 6.07) is 3.18. The lowest BCUT2D eigenvalue weighted by molar-refractivity contribution is -0.385. The van der Waals surface area contributed by atoms with Crippen molar-refractivity contribution in [2.45, 2.75) is 32.1 Å². The summed E-state index contributed by atoms with van der Waals surface area (Å²) in [5.74, 6) is -1.63. The number of methoxy groups -OCH3 is 1. The van der Waals surface area contributed by atoms with E-state index >= 15 is 0 Å². The molecule has 0 bridgehead atoms. The smallest absolute Gasteiger partial charge is 0.428 e. The van der Waals surface area contributed by atoms with E-state index in [1.165, 1.54) is 13.2 Å². The summed E-state index contributed by atoms with van der Waals surface area (Å²) in [7, 11) is 0.0388. The minimum atomic E-state index is -1.15. The van der Waals surface area contributed by atoms with E-state index in [-0.39, 0.29) is 22.8 Å². The Bertz CT molecular complexity index is 733. The summed E-state index contributed by atoms with van der Waals surface area (Å²) in [6.07, 6.45) is -0.816. The maximum Gasteiger partial charge on any atom is 0.428 e. The first-order chi connectivity index (χ1) is 12.0. The van der Waals surface area contributed by atoms with Crippen molar-refractivity contribution >= 4 is 28.4 Å². The van der Waals surface area contributed by atoms with Gasteiger partial charge < -0.3 is 9.47 Å². The third kappa shape index (κ3) is 7.55. The van der Waals surface area contributed by atoms with Gasteiger partial charge in [0.25, 0.3) is 5.69 Å². The van der Waals surface area contributed by atoms with Crippen LogP contribution in [0.3, 0.4) is 0 Å². The predicted molar refractivity (Wildman–Crippen MR) is 92.8 cm³/mol. The number of non-ortho nitro benzene ring substituents is 1. The van der Waals surface area contributed by atoms with Crippen LogP contribution in [0.25, 0.3) is 0 Å². The number of ether oxygens (including phenoxy) is 2. The van der Waals surface area contributed by atoms with Gasteiger partial charge in [-0.2, -0.15) is 0 Å². The Labute approximate surface area is 152 Å². The number of rotatable bonds is 6. The SMILES string of the molecule is COC(=O)CS(Cc1ccc([N+](=O)[O-])cc1F)=NNC(=O)OC(C)(C)C. The number of carbonyl (C=O) groups excluding carboxylic acids is 2. The largest absolute Gasteiger partial charge is 0.468 e. The van der Waals surface area contributed by atoms with E-state index in [1.54, 1.807) is 20.8 Å². The number of nitro benzene ring substituents is 1. The van der Waals surface area contributed by atoms with E-state index in [9.17, 15) is 24.1 Å². The van der Waals surface area contributed by atoms with Gasteiger partial charge in [0.1, 0.15) is 17.2 Å². The fourth-order valence-corrected chi connectivity index (χ4v) is 3.08. The van der Waals surface area contributed by atoms with Crippen molar-refractivity contribution in [3.05, 3.63) is 39.7 Å². The molecule has 0 aliphatic rings. The van der Waals surface area contributed by atoms with Gasteiger partial charge >= 0.3 is 12.1 Å². The Morgan fingerprint density at radius 1 is 1.38 bits per heavy atom. The quantitative estimate of drug-likeness (QED) is 0.454. The van der Waals surface area contributed by atoms with Crippen molar-refractivity contribution < 1.29 is 28.4 Å². The van der Waals surface area contributed by atoms with E-state index < -0.39 is 39.1 Å². The Morgan fingerprint density at radius 2 is 2.04 bits per heavy atom. The van der Waals surface area contributed by atoms with Gasteiger partial charge in [-0.15, -0.1) is 4.47 Å². The molecule has 0 fully saturated rings. The predicted octanol–water partition coefficient (Wildman–Crippen LogP) is 2.65. The number of benzene rings is 1. The number of nitrogens with zero attached hydrogens (tertiary/aromatic N) is 2. The molecule has 0 aliphatic heterocycles. The van der Waals surface area contributed by atoms with Gasteiger partial charge in [-0.25, -0.2) is 14.6 Å². The van der Waals surface area contributed by atoms with E-state index in [0.29, 0.717) is 0 Å². The van der Waals surface area contributed by atoms with Crippen LogP contribution in [0, 0.1) is 15.9 Å². The van der Waals surface area contributed by atoms with E-state index in [2.05, 4.69) is 14.6 Å². The van der Waals surface area contributed by atoms with E-state index in [1.807, 2.05) is 0 Å². The number of esters is 1. The molecular formula is C15H20FN3O6S. The van der Waals surface area contributed by atoms with Gasteiger partial charge in [-0.05, 0) is 32.4 Å². The molecule has 0 heterocycles. The van der Waals surface area contributed by atoms with Crippen molar-refractivity contribution in [2.24, 2.45) is 4.47 Å². The summed E-state index contributed by atoms with van der Waals surface area (Å²) in [6.45, 7) is 5.02. The molecular weight excluding hydrogens is 369 g/mol. The van der Waals surface area contributed by atoms with Crippen molar-refractivity contribution in [3.63, 3.8) is 0 Å². The Balaban J connectivity index is 2.96. The number of nitrogens with one attached hydrogen (secondary N) is 1. The molecule has 1 amide bonds. The van der Waals surface area contributed by atoms with Crippen LogP contribution in [0.1, 0.15) is 26.3 Å². The second-order valence-electron chi connectivity index (χ2n) is 6.06. The fraction of sp³-hybridized carbons (Fsp3) is 0.467. The van der Waals surface area contributed by atoms with Gasteiger partial charge in [0.15, 0.2) is 0 Å². The number of amides is 1. The molecule has 0 aliphatic carbocycles. The summed E-state index contributed by atoms with van der Waals surface area (Å²) >= 11 is 0. The molecule has 1 rings (SSSR count). The fourth-order valence-electron chi connectivity index (χ4n) is 1.66. The molecule has 1 aromatic rings. The highest BCUT2D eigenvalue weighted by molar-refractivity contribution is 7.87. The number of halogens is 1. The average molecular weight is 389 g/mol. The van der Waals surface area contributed by atoms with Crippen LogP contribution in [-0.4, -0.2) is 35.4 Å². The second kappa shape index (κ2) is 9.22. The third-order valence-corrected chi connectivity index (χ3v) is 4.31. The van der Waals surface area contributed by atoms with Crippen LogP contribution in [-0.2, 0) is 30.7 Å². The van der Waals surface area contributed by atoms with Gasteiger partial charge in [0.05, 0.1) is 18.1 Å². The standard InChI is InChI=1S/C15H20FN3O6S/c1-15(2,3)25-14(21)17-18-26(9-13(20)24-4)8-10-5-6-11(19(22)23)7-12(10)16/h5-7H,8-9H2,1-4H3,(H,17,21). The summed E-state index contributed by atoms with van der Waals surface area (Å²) in [5, 5.41) is 10.7. The molecule has 0 aromatic heterocycles. The zero-order chi connectivity index (χ0) is 19.9. The monoisotopic (exact) mass is 389 g/mol. The van der Waals surface area contributed by atoms with Gasteiger partial charge in [-0.1, -0.05) is 10.7 Å². The first-order valence-electron chi connectivity index (χ1n) is 7.39. The number of hydrogen-bond donors (Lipinski definition) is 1. The maximum absolute atomic E-state index is 14.0. The number of carbonyl (C=O) groups is 2. The zero-order valence-corrected chi connectivity index (χ0v) is 15.6. The minimum absolute atomic E-state index is 0.0469. The maximum atomic E-state index is 14.0. The molecule has 0 spiro atoms.